The van der Waals surface area contributed by atoms with E-state index >= 15 is 0 Å². The Morgan fingerprint density at radius 3 is 2.52 bits per heavy atom. The summed E-state index contributed by atoms with van der Waals surface area (Å²) in [7, 11) is -3.98. The second-order valence-corrected chi connectivity index (χ2v) is 8.01. The molecule has 6 nitrogen and oxygen atoms in total. The van der Waals surface area contributed by atoms with Gasteiger partial charge in [-0.25, -0.2) is 8.42 Å². The summed E-state index contributed by atoms with van der Waals surface area (Å²) in [5.74, 6) is -1.84. The summed E-state index contributed by atoms with van der Waals surface area (Å²) in [6.07, 6.45) is -1.11. The summed E-state index contributed by atoms with van der Waals surface area (Å²) in [5, 5.41) is 9.29. The van der Waals surface area contributed by atoms with Crippen molar-refractivity contribution in [3.05, 3.63) is 0 Å². The van der Waals surface area contributed by atoms with Crippen LogP contribution in [0.2, 0.25) is 0 Å². The largest absolute Gasteiger partial charge is 0.480 e. The van der Waals surface area contributed by atoms with Crippen molar-refractivity contribution < 1.29 is 36.2 Å². The van der Waals surface area contributed by atoms with Gasteiger partial charge in [0.1, 0.15) is 12.6 Å². The van der Waals surface area contributed by atoms with Crippen molar-refractivity contribution in [2.24, 2.45) is 5.92 Å². The summed E-state index contributed by atoms with van der Waals surface area (Å²) >= 11 is 0. The molecule has 1 aliphatic heterocycles. The van der Waals surface area contributed by atoms with Gasteiger partial charge in [-0.05, 0) is 25.2 Å². The second kappa shape index (κ2) is 6.94. The Morgan fingerprint density at radius 2 is 1.91 bits per heavy atom. The number of alkyl halides is 3. The van der Waals surface area contributed by atoms with Crippen LogP contribution in [0, 0.1) is 5.92 Å². The molecule has 0 aromatic rings. The SMILES string of the molecule is O=C(O)C1CC2CCCCC2N1S(=O)(=O)CCOCC(F)(F)F. The first-order chi connectivity index (χ1) is 10.6. The molecule has 10 heteroatoms. The van der Waals surface area contributed by atoms with E-state index in [2.05, 4.69) is 4.74 Å². The molecule has 1 saturated carbocycles. The molecule has 134 valence electrons. The Hall–Kier alpha value is -0.870. The van der Waals surface area contributed by atoms with E-state index in [1.807, 2.05) is 0 Å². The number of hydrogen-bond donors (Lipinski definition) is 1. The van der Waals surface area contributed by atoms with E-state index in [0.29, 0.717) is 6.42 Å². The van der Waals surface area contributed by atoms with Crippen LogP contribution < -0.4 is 0 Å². The highest BCUT2D eigenvalue weighted by molar-refractivity contribution is 7.89. The zero-order valence-corrected chi connectivity index (χ0v) is 13.3. The topological polar surface area (TPSA) is 83.9 Å². The van der Waals surface area contributed by atoms with Crippen LogP contribution >= 0.6 is 0 Å². The highest BCUT2D eigenvalue weighted by atomic mass is 32.2. The number of sulfonamides is 1. The lowest BCUT2D eigenvalue weighted by Crippen LogP contribution is -2.47. The van der Waals surface area contributed by atoms with Crippen LogP contribution in [0.25, 0.3) is 0 Å². The van der Waals surface area contributed by atoms with Crippen molar-refractivity contribution >= 4 is 16.0 Å². The molecule has 0 amide bonds. The Bertz CT molecular complexity index is 536. The van der Waals surface area contributed by atoms with E-state index < -0.39 is 47.2 Å². The van der Waals surface area contributed by atoms with E-state index in [1.54, 1.807) is 0 Å². The van der Waals surface area contributed by atoms with Gasteiger partial charge in [0.05, 0.1) is 12.4 Å². The minimum absolute atomic E-state index is 0.00992. The molecule has 2 fully saturated rings. The minimum atomic E-state index is -4.52. The maximum Gasteiger partial charge on any atom is 0.411 e. The number of carboxylic acids is 1. The van der Waals surface area contributed by atoms with Crippen molar-refractivity contribution in [2.75, 3.05) is 19.0 Å². The Balaban J connectivity index is 2.04. The van der Waals surface area contributed by atoms with E-state index in [9.17, 15) is 31.5 Å². The first kappa shape index (κ1) is 18.5. The van der Waals surface area contributed by atoms with Crippen LogP contribution in [-0.4, -0.2) is 61.0 Å². The molecule has 0 radical (unpaired) electrons. The van der Waals surface area contributed by atoms with Gasteiger partial charge in [0.15, 0.2) is 0 Å². The molecule has 2 aliphatic rings. The number of aliphatic carboxylic acids is 1. The lowest BCUT2D eigenvalue weighted by molar-refractivity contribution is -0.172. The lowest BCUT2D eigenvalue weighted by Gasteiger charge is -2.32. The molecule has 0 spiro atoms. The highest BCUT2D eigenvalue weighted by Crippen LogP contribution is 2.41. The van der Waals surface area contributed by atoms with Crippen LogP contribution in [0.4, 0.5) is 13.2 Å². The van der Waals surface area contributed by atoms with Gasteiger partial charge in [0.2, 0.25) is 10.0 Å². The predicted molar refractivity (Wildman–Crippen MR) is 74.3 cm³/mol. The van der Waals surface area contributed by atoms with Crippen molar-refractivity contribution in [2.45, 2.75) is 50.4 Å². The number of rotatable bonds is 6. The van der Waals surface area contributed by atoms with Gasteiger partial charge in [-0.15, -0.1) is 0 Å². The summed E-state index contributed by atoms with van der Waals surface area (Å²) < 4.78 is 66.2. The second-order valence-electron chi connectivity index (χ2n) is 6.02. The molecule has 3 atom stereocenters. The monoisotopic (exact) mass is 359 g/mol. The molecule has 3 unspecified atom stereocenters. The summed E-state index contributed by atoms with van der Waals surface area (Å²) in [6.45, 7) is -2.13. The quantitative estimate of drug-likeness (QED) is 0.729. The zero-order chi connectivity index (χ0) is 17.3. The molecule has 0 bridgehead atoms. The van der Waals surface area contributed by atoms with E-state index in [-0.39, 0.29) is 18.4 Å². The molecule has 1 N–H and O–H groups in total. The highest BCUT2D eigenvalue weighted by Gasteiger charge is 2.50. The van der Waals surface area contributed by atoms with Gasteiger partial charge in [0, 0.05) is 6.04 Å². The number of carboxylic acid groups (broad SMARTS) is 1. The van der Waals surface area contributed by atoms with Crippen LogP contribution in [0.15, 0.2) is 0 Å². The Labute approximate surface area is 132 Å². The zero-order valence-electron chi connectivity index (χ0n) is 12.5. The van der Waals surface area contributed by atoms with Crippen LogP contribution in [0.3, 0.4) is 0 Å². The third-order valence-electron chi connectivity index (χ3n) is 4.39. The van der Waals surface area contributed by atoms with Gasteiger partial charge in [0.25, 0.3) is 0 Å². The maximum absolute atomic E-state index is 12.4. The average Bonchev–Trinajstić information content (AvgIpc) is 2.83. The standard InChI is InChI=1S/C13H20F3NO5S/c14-13(15,16)8-22-5-6-23(20,21)17-10-4-2-1-3-9(10)7-11(17)12(18)19/h9-11H,1-8H2,(H,18,19). The third-order valence-corrected chi connectivity index (χ3v) is 6.24. The van der Waals surface area contributed by atoms with Crippen LogP contribution in [-0.2, 0) is 19.6 Å². The first-order valence-electron chi connectivity index (χ1n) is 7.50. The van der Waals surface area contributed by atoms with Gasteiger partial charge in [-0.3, -0.25) is 4.79 Å². The van der Waals surface area contributed by atoms with Crippen molar-refractivity contribution in [3.8, 4) is 0 Å². The number of hydrogen-bond acceptors (Lipinski definition) is 4. The summed E-state index contributed by atoms with van der Waals surface area (Å²) in [4.78, 5) is 11.4. The summed E-state index contributed by atoms with van der Waals surface area (Å²) in [5.41, 5.74) is 0. The lowest BCUT2D eigenvalue weighted by atomic mass is 9.85. The fourth-order valence-electron chi connectivity index (χ4n) is 3.49. The molecule has 0 aromatic heterocycles. The molecular weight excluding hydrogens is 339 g/mol. The number of carbonyl (C=O) groups is 1. The van der Waals surface area contributed by atoms with E-state index in [0.717, 1.165) is 23.6 Å². The van der Waals surface area contributed by atoms with Crippen LogP contribution in [0.1, 0.15) is 32.1 Å². The molecule has 0 aromatic carbocycles. The molecule has 2 rings (SSSR count). The van der Waals surface area contributed by atoms with Crippen molar-refractivity contribution in [1.82, 2.24) is 4.31 Å². The van der Waals surface area contributed by atoms with Gasteiger partial charge in [-0.2, -0.15) is 17.5 Å². The average molecular weight is 359 g/mol. The van der Waals surface area contributed by atoms with Crippen molar-refractivity contribution in [3.63, 3.8) is 0 Å². The van der Waals surface area contributed by atoms with Crippen LogP contribution in [0.5, 0.6) is 0 Å². The fraction of sp³-hybridized carbons (Fsp3) is 0.923. The maximum atomic E-state index is 12.4. The number of nitrogens with zero attached hydrogens (tertiary/aromatic N) is 1. The van der Waals surface area contributed by atoms with Crippen molar-refractivity contribution in [1.29, 1.82) is 0 Å². The summed E-state index contributed by atoms with van der Waals surface area (Å²) in [6, 6.07) is -1.49. The van der Waals surface area contributed by atoms with E-state index in [1.165, 1.54) is 0 Å². The minimum Gasteiger partial charge on any atom is -0.480 e. The molecule has 1 aliphatic carbocycles. The fourth-order valence-corrected chi connectivity index (χ4v) is 5.28. The van der Waals surface area contributed by atoms with Gasteiger partial charge >= 0.3 is 12.1 Å². The smallest absolute Gasteiger partial charge is 0.411 e. The number of ether oxygens (including phenoxy) is 1. The molecule has 23 heavy (non-hydrogen) atoms. The Kier molecular flexibility index (Phi) is 5.57. The molecule has 1 heterocycles. The third kappa shape index (κ3) is 4.57. The first-order valence-corrected chi connectivity index (χ1v) is 9.11. The predicted octanol–water partition coefficient (Wildman–Crippen LogP) is 1.61. The van der Waals surface area contributed by atoms with Gasteiger partial charge < -0.3 is 9.84 Å². The van der Waals surface area contributed by atoms with E-state index in [4.69, 9.17) is 0 Å². The molecular formula is C13H20F3NO5S. The number of halogens is 3. The number of fused-ring (bicyclic) bond motifs is 1. The van der Waals surface area contributed by atoms with Gasteiger partial charge in [-0.1, -0.05) is 12.8 Å². The normalized spacial score (nSPS) is 29.4. The molecule has 1 saturated heterocycles. The Morgan fingerprint density at radius 1 is 1.26 bits per heavy atom.